The molecule has 0 spiro atoms. The fourth-order valence-electron chi connectivity index (χ4n) is 2.99. The quantitative estimate of drug-likeness (QED) is 0.659. The van der Waals surface area contributed by atoms with Gasteiger partial charge in [-0.1, -0.05) is 18.2 Å². The van der Waals surface area contributed by atoms with Gasteiger partial charge in [0.2, 0.25) is 0 Å². The Bertz CT molecular complexity index is 1070. The van der Waals surface area contributed by atoms with Crippen molar-refractivity contribution in [2.75, 3.05) is 7.11 Å². The third-order valence-corrected chi connectivity index (χ3v) is 5.26. The predicted molar refractivity (Wildman–Crippen MR) is 114 cm³/mol. The first-order valence-corrected chi connectivity index (χ1v) is 9.63. The number of aliphatic imine (C=N–C) groups is 1. The molecule has 28 heavy (non-hydrogen) atoms. The number of nitrogens with zero attached hydrogens (tertiary/aromatic N) is 2. The van der Waals surface area contributed by atoms with Gasteiger partial charge in [0.15, 0.2) is 5.17 Å². The summed E-state index contributed by atoms with van der Waals surface area (Å²) in [5.41, 5.74) is 3.83. The molecule has 0 aliphatic carbocycles. The van der Waals surface area contributed by atoms with E-state index in [0.717, 1.165) is 28.5 Å². The Morgan fingerprint density at radius 2 is 1.79 bits per heavy atom. The molecule has 0 unspecified atom stereocenters. The lowest BCUT2D eigenvalue weighted by molar-refractivity contribution is -0.115. The lowest BCUT2D eigenvalue weighted by Crippen LogP contribution is -2.19. The van der Waals surface area contributed by atoms with Crippen molar-refractivity contribution in [2.24, 2.45) is 4.99 Å². The second-order valence-electron chi connectivity index (χ2n) is 6.25. The van der Waals surface area contributed by atoms with Crippen LogP contribution in [0.4, 0.5) is 5.69 Å². The lowest BCUT2D eigenvalue weighted by Gasteiger charge is -2.10. The van der Waals surface area contributed by atoms with Crippen LogP contribution in [-0.4, -0.2) is 22.8 Å². The Hall–Kier alpha value is -3.25. The summed E-state index contributed by atoms with van der Waals surface area (Å²) in [5, 5.41) is 3.42. The summed E-state index contributed by atoms with van der Waals surface area (Å²) in [7, 11) is 1.65. The number of carbonyl (C=O) groups excluding carboxylic acids is 1. The Morgan fingerprint density at radius 1 is 1.04 bits per heavy atom. The first-order valence-electron chi connectivity index (χ1n) is 8.81. The van der Waals surface area contributed by atoms with Gasteiger partial charge in [0.1, 0.15) is 5.75 Å². The van der Waals surface area contributed by atoms with Gasteiger partial charge in [-0.05, 0) is 73.3 Å². The third-order valence-electron chi connectivity index (χ3n) is 4.35. The number of nitrogens with one attached hydrogen (secondary N) is 1. The minimum Gasteiger partial charge on any atom is -0.497 e. The zero-order chi connectivity index (χ0) is 19.5. The predicted octanol–water partition coefficient (Wildman–Crippen LogP) is 4.69. The van der Waals surface area contributed by atoms with Crippen molar-refractivity contribution < 1.29 is 9.53 Å². The molecule has 1 aliphatic rings. The van der Waals surface area contributed by atoms with Crippen LogP contribution in [0.2, 0.25) is 0 Å². The van der Waals surface area contributed by atoms with E-state index in [4.69, 9.17) is 4.74 Å². The van der Waals surface area contributed by atoms with E-state index in [0.29, 0.717) is 10.1 Å². The number of amidine groups is 1. The normalized spacial score (nSPS) is 16.6. The van der Waals surface area contributed by atoms with E-state index in [1.807, 2.05) is 79.7 Å². The van der Waals surface area contributed by atoms with Gasteiger partial charge in [-0.2, -0.15) is 0 Å². The van der Waals surface area contributed by atoms with Gasteiger partial charge in [0.25, 0.3) is 5.91 Å². The van der Waals surface area contributed by atoms with Crippen LogP contribution < -0.4 is 10.1 Å². The van der Waals surface area contributed by atoms with Crippen LogP contribution in [0.15, 0.2) is 76.6 Å². The van der Waals surface area contributed by atoms with Crippen LogP contribution in [0.5, 0.6) is 5.75 Å². The van der Waals surface area contributed by atoms with E-state index in [-0.39, 0.29) is 5.91 Å². The highest BCUT2D eigenvalue weighted by molar-refractivity contribution is 8.18. The van der Waals surface area contributed by atoms with Gasteiger partial charge >= 0.3 is 0 Å². The van der Waals surface area contributed by atoms with Crippen LogP contribution >= 0.6 is 11.8 Å². The summed E-state index contributed by atoms with van der Waals surface area (Å²) in [5.74, 6) is 0.667. The summed E-state index contributed by atoms with van der Waals surface area (Å²) < 4.78 is 7.34. The number of aryl methyl sites for hydroxylation is 1. The van der Waals surface area contributed by atoms with E-state index in [2.05, 4.69) is 14.9 Å². The number of methoxy groups -OCH3 is 1. The first-order chi connectivity index (χ1) is 13.6. The van der Waals surface area contributed by atoms with E-state index < -0.39 is 0 Å². The largest absolute Gasteiger partial charge is 0.497 e. The van der Waals surface area contributed by atoms with Crippen molar-refractivity contribution in [2.45, 2.75) is 6.92 Å². The van der Waals surface area contributed by atoms with Crippen LogP contribution in [0.25, 0.3) is 11.8 Å². The maximum atomic E-state index is 12.4. The van der Waals surface area contributed by atoms with E-state index in [9.17, 15) is 4.79 Å². The number of carbonyl (C=O) groups is 1. The van der Waals surface area contributed by atoms with E-state index in [1.165, 1.54) is 11.8 Å². The second kappa shape index (κ2) is 7.78. The summed E-state index contributed by atoms with van der Waals surface area (Å²) >= 11 is 1.34. The maximum Gasteiger partial charge on any atom is 0.264 e. The molecule has 2 heterocycles. The molecule has 5 nitrogen and oxygen atoms in total. The van der Waals surface area contributed by atoms with Gasteiger partial charge < -0.3 is 14.6 Å². The molecule has 1 saturated heterocycles. The Kier molecular flexibility index (Phi) is 5.04. The molecule has 4 rings (SSSR count). The first kappa shape index (κ1) is 18.1. The zero-order valence-corrected chi connectivity index (χ0v) is 16.4. The van der Waals surface area contributed by atoms with Crippen LogP contribution in [0, 0.1) is 6.92 Å². The maximum absolute atomic E-state index is 12.4. The molecule has 0 bridgehead atoms. The van der Waals surface area contributed by atoms with E-state index >= 15 is 0 Å². The number of ether oxygens (including phenoxy) is 1. The number of hydrogen-bond acceptors (Lipinski definition) is 4. The molecule has 0 saturated carbocycles. The van der Waals surface area contributed by atoms with Gasteiger partial charge in [-0.15, -0.1) is 0 Å². The fraction of sp³-hybridized carbons (Fsp3) is 0.0909. The molecule has 1 fully saturated rings. The van der Waals surface area contributed by atoms with Gasteiger partial charge in [0.05, 0.1) is 17.7 Å². The molecular formula is C22H19N3O2S. The topological polar surface area (TPSA) is 55.6 Å². The molecular weight excluding hydrogens is 370 g/mol. The number of benzene rings is 2. The molecule has 1 aromatic heterocycles. The number of para-hydroxylation sites is 1. The van der Waals surface area contributed by atoms with Crippen molar-refractivity contribution in [3.05, 3.63) is 83.0 Å². The molecule has 140 valence electrons. The van der Waals surface area contributed by atoms with Crippen molar-refractivity contribution in [3.63, 3.8) is 0 Å². The minimum absolute atomic E-state index is 0.139. The molecule has 1 aliphatic heterocycles. The fourth-order valence-corrected chi connectivity index (χ4v) is 3.82. The van der Waals surface area contributed by atoms with Crippen molar-refractivity contribution in [1.29, 1.82) is 0 Å². The highest BCUT2D eigenvalue weighted by Gasteiger charge is 2.24. The standard InChI is InChI=1S/C22H19N3O2S/c1-15-8-9-18(25(15)17-10-12-19(27-2)13-11-17)14-20-21(26)24-22(28-20)23-16-6-4-3-5-7-16/h3-14H,1-2H3,(H,23,24,26)/b20-14-. The molecule has 2 aromatic carbocycles. The van der Waals surface area contributed by atoms with Crippen LogP contribution in [-0.2, 0) is 4.79 Å². The minimum atomic E-state index is -0.139. The number of thioether (sulfide) groups is 1. The Balaban J connectivity index is 1.64. The van der Waals surface area contributed by atoms with Crippen LogP contribution in [0.1, 0.15) is 11.4 Å². The van der Waals surface area contributed by atoms with Gasteiger partial charge in [-0.3, -0.25) is 4.79 Å². The monoisotopic (exact) mass is 389 g/mol. The molecule has 0 radical (unpaired) electrons. The highest BCUT2D eigenvalue weighted by Crippen LogP contribution is 2.29. The third kappa shape index (κ3) is 3.73. The summed E-state index contributed by atoms with van der Waals surface area (Å²) in [6, 6.07) is 21.5. The number of rotatable bonds is 4. The smallest absolute Gasteiger partial charge is 0.264 e. The van der Waals surface area contributed by atoms with Crippen molar-refractivity contribution in [1.82, 2.24) is 9.88 Å². The SMILES string of the molecule is COc1ccc(-n2c(C)ccc2/C=C2\SC(=Nc3ccccc3)NC2=O)cc1. The summed E-state index contributed by atoms with van der Waals surface area (Å²) in [6.45, 7) is 2.04. The molecule has 1 N–H and O–H groups in total. The number of hydrogen-bond donors (Lipinski definition) is 1. The van der Waals surface area contributed by atoms with Crippen molar-refractivity contribution >= 4 is 34.6 Å². The highest BCUT2D eigenvalue weighted by atomic mass is 32.2. The average Bonchev–Trinajstić information content (AvgIpc) is 3.25. The number of amides is 1. The molecule has 3 aromatic rings. The average molecular weight is 389 g/mol. The van der Waals surface area contributed by atoms with Crippen LogP contribution in [0.3, 0.4) is 0 Å². The number of aromatic nitrogens is 1. The van der Waals surface area contributed by atoms with Gasteiger partial charge in [0, 0.05) is 17.1 Å². The van der Waals surface area contributed by atoms with Gasteiger partial charge in [-0.25, -0.2) is 4.99 Å². The Labute approximate surface area is 167 Å². The van der Waals surface area contributed by atoms with Crippen molar-refractivity contribution in [3.8, 4) is 11.4 Å². The van der Waals surface area contributed by atoms with E-state index in [1.54, 1.807) is 7.11 Å². The Morgan fingerprint density at radius 3 is 2.50 bits per heavy atom. The zero-order valence-electron chi connectivity index (χ0n) is 15.5. The lowest BCUT2D eigenvalue weighted by atomic mass is 10.2. The molecule has 0 atom stereocenters. The molecule has 1 amide bonds. The molecule has 6 heteroatoms. The summed E-state index contributed by atoms with van der Waals surface area (Å²) in [6.07, 6.45) is 1.89. The second-order valence-corrected chi connectivity index (χ2v) is 7.28. The summed E-state index contributed by atoms with van der Waals surface area (Å²) in [4.78, 5) is 17.5.